The highest BCUT2D eigenvalue weighted by molar-refractivity contribution is 5.78. The van der Waals surface area contributed by atoms with Gasteiger partial charge in [-0.2, -0.15) is 0 Å². The first-order valence-electron chi connectivity index (χ1n) is 6.74. The number of pyridine rings is 1. The number of rotatable bonds is 2. The highest BCUT2D eigenvalue weighted by atomic mass is 16.2. The van der Waals surface area contributed by atoms with Gasteiger partial charge in [-0.3, -0.25) is 9.78 Å². The zero-order chi connectivity index (χ0) is 12.8. The van der Waals surface area contributed by atoms with Gasteiger partial charge >= 0.3 is 0 Å². The molecule has 0 bridgehead atoms. The van der Waals surface area contributed by atoms with Crippen LogP contribution in [-0.4, -0.2) is 28.9 Å². The lowest BCUT2D eigenvalue weighted by Gasteiger charge is -2.24. The van der Waals surface area contributed by atoms with E-state index in [9.17, 15) is 4.79 Å². The van der Waals surface area contributed by atoms with Crippen LogP contribution in [0.5, 0.6) is 0 Å². The summed E-state index contributed by atoms with van der Waals surface area (Å²) in [5, 5.41) is 0. The monoisotopic (exact) mass is 247 g/mol. The van der Waals surface area contributed by atoms with Gasteiger partial charge in [-0.15, -0.1) is 0 Å². The number of anilines is 1. The van der Waals surface area contributed by atoms with E-state index >= 15 is 0 Å². The topological polar surface area (TPSA) is 59.2 Å². The van der Waals surface area contributed by atoms with Gasteiger partial charge in [0.25, 0.3) is 0 Å². The van der Waals surface area contributed by atoms with Gasteiger partial charge in [0.15, 0.2) is 0 Å². The Morgan fingerprint density at radius 2 is 1.83 bits per heavy atom. The SMILES string of the molecule is Nc1ccc(CC(=O)N2CCCCCCC2)nc1. The molecule has 0 atom stereocenters. The van der Waals surface area contributed by atoms with Crippen molar-refractivity contribution in [3.8, 4) is 0 Å². The predicted molar refractivity (Wildman–Crippen MR) is 72.0 cm³/mol. The number of hydrogen-bond acceptors (Lipinski definition) is 3. The van der Waals surface area contributed by atoms with E-state index in [-0.39, 0.29) is 5.91 Å². The van der Waals surface area contributed by atoms with Crippen molar-refractivity contribution in [3.63, 3.8) is 0 Å². The molecule has 1 aromatic heterocycles. The van der Waals surface area contributed by atoms with E-state index < -0.39 is 0 Å². The van der Waals surface area contributed by atoms with Crippen molar-refractivity contribution in [2.24, 2.45) is 0 Å². The average molecular weight is 247 g/mol. The number of nitrogen functional groups attached to an aromatic ring is 1. The molecule has 1 fully saturated rings. The molecule has 1 saturated heterocycles. The summed E-state index contributed by atoms with van der Waals surface area (Å²) in [5.41, 5.74) is 7.02. The van der Waals surface area contributed by atoms with Gasteiger partial charge in [0.05, 0.1) is 18.3 Å². The summed E-state index contributed by atoms with van der Waals surface area (Å²) in [6, 6.07) is 3.63. The quantitative estimate of drug-likeness (QED) is 0.869. The average Bonchev–Trinajstić information content (AvgIpc) is 2.31. The van der Waals surface area contributed by atoms with Crippen molar-refractivity contribution in [2.75, 3.05) is 18.8 Å². The van der Waals surface area contributed by atoms with Gasteiger partial charge in [0.1, 0.15) is 0 Å². The number of carbonyl (C=O) groups is 1. The molecular weight excluding hydrogens is 226 g/mol. The molecule has 2 heterocycles. The van der Waals surface area contributed by atoms with Gasteiger partial charge < -0.3 is 10.6 Å². The predicted octanol–water partition coefficient (Wildman–Crippen LogP) is 2.00. The van der Waals surface area contributed by atoms with Crippen LogP contribution in [0.15, 0.2) is 18.3 Å². The number of nitrogens with two attached hydrogens (primary N) is 1. The Balaban J connectivity index is 1.91. The molecule has 0 aliphatic carbocycles. The number of carbonyl (C=O) groups excluding carboxylic acids is 1. The molecule has 1 aromatic rings. The summed E-state index contributed by atoms with van der Waals surface area (Å²) < 4.78 is 0. The number of aromatic nitrogens is 1. The fourth-order valence-corrected chi connectivity index (χ4v) is 2.30. The van der Waals surface area contributed by atoms with Crippen LogP contribution in [0, 0.1) is 0 Å². The van der Waals surface area contributed by atoms with Crippen LogP contribution in [0.2, 0.25) is 0 Å². The second kappa shape index (κ2) is 6.38. The normalized spacial score (nSPS) is 17.0. The minimum Gasteiger partial charge on any atom is -0.397 e. The zero-order valence-corrected chi connectivity index (χ0v) is 10.8. The Labute approximate surface area is 108 Å². The molecule has 2 N–H and O–H groups in total. The van der Waals surface area contributed by atoms with Crippen molar-refractivity contribution in [1.29, 1.82) is 0 Å². The molecule has 2 rings (SSSR count). The molecule has 1 amide bonds. The zero-order valence-electron chi connectivity index (χ0n) is 10.8. The van der Waals surface area contributed by atoms with Crippen molar-refractivity contribution >= 4 is 11.6 Å². The molecule has 0 spiro atoms. The van der Waals surface area contributed by atoms with E-state index in [0.717, 1.165) is 31.6 Å². The van der Waals surface area contributed by atoms with E-state index in [1.165, 1.54) is 19.3 Å². The van der Waals surface area contributed by atoms with Crippen molar-refractivity contribution in [2.45, 2.75) is 38.5 Å². The minimum atomic E-state index is 0.189. The maximum atomic E-state index is 12.2. The minimum absolute atomic E-state index is 0.189. The van der Waals surface area contributed by atoms with Gasteiger partial charge in [-0.25, -0.2) is 0 Å². The van der Waals surface area contributed by atoms with Crippen LogP contribution in [0.3, 0.4) is 0 Å². The van der Waals surface area contributed by atoms with Crippen LogP contribution in [0.1, 0.15) is 37.8 Å². The first kappa shape index (κ1) is 12.9. The third-order valence-corrected chi connectivity index (χ3v) is 3.39. The summed E-state index contributed by atoms with van der Waals surface area (Å²) >= 11 is 0. The summed E-state index contributed by atoms with van der Waals surface area (Å²) in [4.78, 5) is 18.3. The molecular formula is C14H21N3O. The maximum absolute atomic E-state index is 12.2. The molecule has 0 radical (unpaired) electrons. The molecule has 1 aliphatic rings. The number of nitrogens with zero attached hydrogens (tertiary/aromatic N) is 2. The summed E-state index contributed by atoms with van der Waals surface area (Å²) in [6.45, 7) is 1.79. The maximum Gasteiger partial charge on any atom is 0.228 e. The highest BCUT2D eigenvalue weighted by Gasteiger charge is 2.15. The van der Waals surface area contributed by atoms with E-state index in [1.54, 1.807) is 12.3 Å². The number of amides is 1. The Morgan fingerprint density at radius 1 is 1.17 bits per heavy atom. The van der Waals surface area contributed by atoms with Crippen molar-refractivity contribution in [3.05, 3.63) is 24.0 Å². The third kappa shape index (κ3) is 3.72. The van der Waals surface area contributed by atoms with Crippen LogP contribution in [0.4, 0.5) is 5.69 Å². The lowest BCUT2D eigenvalue weighted by Crippen LogP contribution is -2.35. The van der Waals surface area contributed by atoms with Gasteiger partial charge in [-0.1, -0.05) is 19.3 Å². The van der Waals surface area contributed by atoms with Crippen LogP contribution >= 0.6 is 0 Å². The Hall–Kier alpha value is -1.58. The second-order valence-corrected chi connectivity index (χ2v) is 4.91. The molecule has 98 valence electrons. The number of likely N-dealkylation sites (tertiary alicyclic amines) is 1. The first-order chi connectivity index (χ1) is 8.75. The Morgan fingerprint density at radius 3 is 2.44 bits per heavy atom. The van der Waals surface area contributed by atoms with E-state index in [2.05, 4.69) is 4.98 Å². The van der Waals surface area contributed by atoms with Crippen LogP contribution in [0.25, 0.3) is 0 Å². The largest absolute Gasteiger partial charge is 0.397 e. The molecule has 4 nitrogen and oxygen atoms in total. The van der Waals surface area contributed by atoms with Gasteiger partial charge in [0.2, 0.25) is 5.91 Å². The molecule has 0 saturated carbocycles. The molecule has 0 unspecified atom stereocenters. The molecule has 0 aromatic carbocycles. The summed E-state index contributed by atoms with van der Waals surface area (Å²) in [5.74, 6) is 0.189. The van der Waals surface area contributed by atoms with Crippen molar-refractivity contribution in [1.82, 2.24) is 9.88 Å². The van der Waals surface area contributed by atoms with Crippen LogP contribution < -0.4 is 5.73 Å². The molecule has 4 heteroatoms. The van der Waals surface area contributed by atoms with E-state index in [1.807, 2.05) is 11.0 Å². The third-order valence-electron chi connectivity index (χ3n) is 3.39. The second-order valence-electron chi connectivity index (χ2n) is 4.91. The summed E-state index contributed by atoms with van der Waals surface area (Å²) in [7, 11) is 0. The first-order valence-corrected chi connectivity index (χ1v) is 6.74. The van der Waals surface area contributed by atoms with E-state index in [0.29, 0.717) is 12.1 Å². The lowest BCUT2D eigenvalue weighted by atomic mass is 10.1. The fraction of sp³-hybridized carbons (Fsp3) is 0.571. The van der Waals surface area contributed by atoms with Crippen molar-refractivity contribution < 1.29 is 4.79 Å². The number of hydrogen-bond donors (Lipinski definition) is 1. The van der Waals surface area contributed by atoms with E-state index in [4.69, 9.17) is 5.73 Å². The standard InChI is InChI=1S/C14H21N3O/c15-12-6-7-13(16-11-12)10-14(18)17-8-4-2-1-3-5-9-17/h6-7,11H,1-5,8-10,15H2. The summed E-state index contributed by atoms with van der Waals surface area (Å²) in [6.07, 6.45) is 8.04. The smallest absolute Gasteiger partial charge is 0.228 e. The molecule has 18 heavy (non-hydrogen) atoms. The van der Waals surface area contributed by atoms with Gasteiger partial charge in [-0.05, 0) is 25.0 Å². The Bertz CT molecular complexity index is 381. The lowest BCUT2D eigenvalue weighted by molar-refractivity contribution is -0.130. The van der Waals surface area contributed by atoms with Gasteiger partial charge in [0, 0.05) is 18.8 Å². The van der Waals surface area contributed by atoms with Crippen LogP contribution in [-0.2, 0) is 11.2 Å². The Kier molecular flexibility index (Phi) is 4.56. The fourth-order valence-electron chi connectivity index (χ4n) is 2.30. The molecule has 1 aliphatic heterocycles. The highest BCUT2D eigenvalue weighted by Crippen LogP contribution is 2.12.